The third-order valence-corrected chi connectivity index (χ3v) is 1.83. The van der Waals surface area contributed by atoms with E-state index in [1.807, 2.05) is 6.08 Å². The van der Waals surface area contributed by atoms with Crippen molar-refractivity contribution in [3.05, 3.63) is 11.6 Å². The van der Waals surface area contributed by atoms with Crippen LogP contribution in [0.2, 0.25) is 0 Å². The van der Waals surface area contributed by atoms with Crippen LogP contribution >= 0.6 is 0 Å². The van der Waals surface area contributed by atoms with Crippen molar-refractivity contribution in [2.75, 3.05) is 0 Å². The molecule has 1 aliphatic carbocycles. The van der Waals surface area contributed by atoms with Crippen LogP contribution < -0.4 is 0 Å². The molecule has 0 heterocycles. The summed E-state index contributed by atoms with van der Waals surface area (Å²) in [5.41, 5.74) is 0.845. The first kappa shape index (κ1) is 7.19. The summed E-state index contributed by atoms with van der Waals surface area (Å²) in [6.45, 7) is 0. The van der Waals surface area contributed by atoms with Gasteiger partial charge in [-0.25, -0.2) is 0 Å². The smallest absolute Gasteiger partial charge is 0.145 e. The molecule has 0 saturated heterocycles. The lowest BCUT2D eigenvalue weighted by atomic mass is 9.91. The van der Waals surface area contributed by atoms with Crippen LogP contribution in [0.15, 0.2) is 11.6 Å². The summed E-state index contributed by atoms with van der Waals surface area (Å²) in [5.74, 6) is 0.156. The third kappa shape index (κ3) is 1.53. The highest BCUT2D eigenvalue weighted by Gasteiger charge is 2.11. The summed E-state index contributed by atoms with van der Waals surface area (Å²) in [4.78, 5) is 20.4. The van der Waals surface area contributed by atoms with Crippen LogP contribution in [0.5, 0.6) is 0 Å². The number of hydrogen-bond donors (Lipinski definition) is 0. The molecular weight excluding hydrogens is 128 g/mol. The molecule has 2 heteroatoms. The Morgan fingerprint density at radius 2 is 2.30 bits per heavy atom. The quantitative estimate of drug-likeness (QED) is 0.535. The van der Waals surface area contributed by atoms with Crippen molar-refractivity contribution in [3.63, 3.8) is 0 Å². The summed E-state index contributed by atoms with van der Waals surface area (Å²) in [6, 6.07) is 0. The molecule has 10 heavy (non-hydrogen) atoms. The minimum absolute atomic E-state index is 0.156. The third-order valence-electron chi connectivity index (χ3n) is 1.83. The molecule has 0 aliphatic heterocycles. The number of rotatable bonds is 2. The second kappa shape index (κ2) is 3.30. The Labute approximate surface area is 59.9 Å². The summed E-state index contributed by atoms with van der Waals surface area (Å²) in [6.07, 6.45) is 6.06. The number of aldehydes is 2. The first-order chi connectivity index (χ1) is 4.86. The Balaban J connectivity index is 2.51. The maximum Gasteiger partial charge on any atom is 0.145 e. The van der Waals surface area contributed by atoms with Gasteiger partial charge in [-0.15, -0.1) is 0 Å². The Hall–Kier alpha value is -0.920. The molecule has 2 nitrogen and oxygen atoms in total. The van der Waals surface area contributed by atoms with Gasteiger partial charge in [0, 0.05) is 5.92 Å². The van der Waals surface area contributed by atoms with Gasteiger partial charge < -0.3 is 4.79 Å². The lowest BCUT2D eigenvalue weighted by Crippen LogP contribution is -2.06. The largest absolute Gasteiger partial charge is 0.303 e. The molecule has 0 aromatic carbocycles. The monoisotopic (exact) mass is 138 g/mol. The Kier molecular flexibility index (Phi) is 2.37. The van der Waals surface area contributed by atoms with Crippen molar-refractivity contribution in [1.29, 1.82) is 0 Å². The van der Waals surface area contributed by atoms with Crippen LogP contribution in [-0.4, -0.2) is 12.6 Å². The van der Waals surface area contributed by atoms with Gasteiger partial charge in [-0.2, -0.15) is 0 Å². The highest BCUT2D eigenvalue weighted by molar-refractivity contribution is 5.73. The maximum absolute atomic E-state index is 10.2. The fourth-order valence-corrected chi connectivity index (χ4v) is 1.11. The number of carbonyl (C=O) groups is 2. The standard InChI is InChI=1S/C8H10O2/c9-5-7-1-2-8(6-10)4-3-7/h1,5-6,8H,2-4H2. The van der Waals surface area contributed by atoms with Crippen molar-refractivity contribution < 1.29 is 9.59 Å². The number of hydrogen-bond acceptors (Lipinski definition) is 2. The van der Waals surface area contributed by atoms with E-state index in [4.69, 9.17) is 0 Å². The minimum Gasteiger partial charge on any atom is -0.303 e. The van der Waals surface area contributed by atoms with E-state index >= 15 is 0 Å². The minimum atomic E-state index is 0.156. The zero-order valence-electron chi connectivity index (χ0n) is 5.75. The van der Waals surface area contributed by atoms with E-state index in [1.54, 1.807) is 0 Å². The first-order valence-corrected chi connectivity index (χ1v) is 3.46. The lowest BCUT2D eigenvalue weighted by Gasteiger charge is -2.12. The van der Waals surface area contributed by atoms with Crippen molar-refractivity contribution in [1.82, 2.24) is 0 Å². The highest BCUT2D eigenvalue weighted by Crippen LogP contribution is 2.19. The second-order valence-electron chi connectivity index (χ2n) is 2.57. The van der Waals surface area contributed by atoms with E-state index in [-0.39, 0.29) is 5.92 Å². The summed E-state index contributed by atoms with van der Waals surface area (Å²) in [5, 5.41) is 0. The molecule has 1 atom stereocenters. The van der Waals surface area contributed by atoms with Gasteiger partial charge in [0.25, 0.3) is 0 Å². The van der Waals surface area contributed by atoms with E-state index in [9.17, 15) is 9.59 Å². The van der Waals surface area contributed by atoms with Crippen LogP contribution in [-0.2, 0) is 9.59 Å². The molecule has 0 fully saturated rings. The molecule has 1 rings (SSSR count). The average molecular weight is 138 g/mol. The molecule has 0 radical (unpaired) electrons. The van der Waals surface area contributed by atoms with E-state index < -0.39 is 0 Å². The van der Waals surface area contributed by atoms with Crippen molar-refractivity contribution in [3.8, 4) is 0 Å². The second-order valence-corrected chi connectivity index (χ2v) is 2.57. The maximum atomic E-state index is 10.2. The van der Waals surface area contributed by atoms with Crippen molar-refractivity contribution >= 4 is 12.6 Å². The lowest BCUT2D eigenvalue weighted by molar-refractivity contribution is -0.111. The molecule has 1 unspecified atom stereocenters. The molecule has 0 bridgehead atoms. The van der Waals surface area contributed by atoms with Crippen molar-refractivity contribution in [2.45, 2.75) is 19.3 Å². The fourth-order valence-electron chi connectivity index (χ4n) is 1.11. The van der Waals surface area contributed by atoms with E-state index in [0.29, 0.717) is 0 Å². The van der Waals surface area contributed by atoms with Crippen LogP contribution in [0.1, 0.15) is 19.3 Å². The molecule has 0 aromatic rings. The molecular formula is C8H10O2. The van der Waals surface area contributed by atoms with E-state index in [2.05, 4.69) is 0 Å². The number of allylic oxidation sites excluding steroid dienone is 2. The van der Waals surface area contributed by atoms with Crippen LogP contribution in [0, 0.1) is 5.92 Å². The highest BCUT2D eigenvalue weighted by atomic mass is 16.1. The van der Waals surface area contributed by atoms with Gasteiger partial charge in [-0.3, -0.25) is 4.79 Å². The molecule has 0 aromatic heterocycles. The van der Waals surface area contributed by atoms with Gasteiger partial charge in [0.2, 0.25) is 0 Å². The predicted molar refractivity (Wildman–Crippen MR) is 37.6 cm³/mol. The van der Waals surface area contributed by atoms with Crippen LogP contribution in [0.4, 0.5) is 0 Å². The molecule has 0 amide bonds. The summed E-state index contributed by atoms with van der Waals surface area (Å²) in [7, 11) is 0. The fraction of sp³-hybridized carbons (Fsp3) is 0.500. The molecule has 0 N–H and O–H groups in total. The van der Waals surface area contributed by atoms with Gasteiger partial charge in [-0.1, -0.05) is 6.08 Å². The zero-order chi connectivity index (χ0) is 7.40. The molecule has 54 valence electrons. The Morgan fingerprint density at radius 1 is 1.50 bits per heavy atom. The predicted octanol–water partition coefficient (Wildman–Crippen LogP) is 1.11. The van der Waals surface area contributed by atoms with Gasteiger partial charge in [0.05, 0.1) is 0 Å². The van der Waals surface area contributed by atoms with Gasteiger partial charge in [0.15, 0.2) is 0 Å². The first-order valence-electron chi connectivity index (χ1n) is 3.46. The zero-order valence-corrected chi connectivity index (χ0v) is 5.75. The van der Waals surface area contributed by atoms with Crippen LogP contribution in [0.3, 0.4) is 0 Å². The molecule has 0 spiro atoms. The van der Waals surface area contributed by atoms with E-state index in [1.165, 1.54) is 0 Å². The normalized spacial score (nSPS) is 25.2. The summed E-state index contributed by atoms with van der Waals surface area (Å²) >= 11 is 0. The SMILES string of the molecule is O=CC1=CCC(C=O)CC1. The van der Waals surface area contributed by atoms with Crippen molar-refractivity contribution in [2.24, 2.45) is 5.92 Å². The Bertz CT molecular complexity index is 170. The van der Waals surface area contributed by atoms with Gasteiger partial charge in [-0.05, 0) is 24.8 Å². The average Bonchev–Trinajstić information content (AvgIpc) is 2.05. The van der Waals surface area contributed by atoms with Gasteiger partial charge in [0.1, 0.15) is 12.6 Å². The summed E-state index contributed by atoms with van der Waals surface area (Å²) < 4.78 is 0. The number of carbonyl (C=O) groups excluding carboxylic acids is 2. The van der Waals surface area contributed by atoms with Crippen LogP contribution in [0.25, 0.3) is 0 Å². The topological polar surface area (TPSA) is 34.1 Å². The van der Waals surface area contributed by atoms with Gasteiger partial charge >= 0.3 is 0 Å². The molecule has 0 saturated carbocycles. The molecule has 1 aliphatic rings. The van der Waals surface area contributed by atoms with E-state index in [0.717, 1.165) is 37.4 Å². The Morgan fingerprint density at radius 3 is 2.70 bits per heavy atom.